The molecule has 0 bridgehead atoms. The summed E-state index contributed by atoms with van der Waals surface area (Å²) in [6.45, 7) is 2.82. The zero-order valence-corrected chi connectivity index (χ0v) is 11.8. The first-order valence-corrected chi connectivity index (χ1v) is 6.35. The van der Waals surface area contributed by atoms with E-state index in [0.717, 1.165) is 6.42 Å². The van der Waals surface area contributed by atoms with Gasteiger partial charge in [-0.05, 0) is 19.0 Å². The molecule has 0 aliphatic heterocycles. The van der Waals surface area contributed by atoms with Crippen molar-refractivity contribution < 1.29 is 19.7 Å². The summed E-state index contributed by atoms with van der Waals surface area (Å²) in [4.78, 5) is 12.5. The molecular formula is C13H18ClNO4. The Kier molecular flexibility index (Phi) is 5.92. The number of phenols is 1. The van der Waals surface area contributed by atoms with Gasteiger partial charge in [0.05, 0.1) is 13.7 Å². The number of hydrogen-bond donors (Lipinski definition) is 2. The fourth-order valence-electron chi connectivity index (χ4n) is 1.87. The van der Waals surface area contributed by atoms with Crippen molar-refractivity contribution in [2.45, 2.75) is 19.9 Å². The van der Waals surface area contributed by atoms with E-state index in [1.807, 2.05) is 6.92 Å². The van der Waals surface area contributed by atoms with Crippen LogP contribution in [0.4, 0.5) is 0 Å². The Hall–Kier alpha value is -1.46. The molecule has 0 heterocycles. The summed E-state index contributed by atoms with van der Waals surface area (Å²) in [5.41, 5.74) is 0.555. The van der Waals surface area contributed by atoms with Gasteiger partial charge in [-0.1, -0.05) is 18.5 Å². The number of rotatable bonds is 7. The number of methoxy groups -OCH3 is 1. The lowest BCUT2D eigenvalue weighted by atomic mass is 10.1. The van der Waals surface area contributed by atoms with Crippen molar-refractivity contribution in [3.8, 4) is 11.5 Å². The van der Waals surface area contributed by atoms with Crippen LogP contribution >= 0.6 is 11.6 Å². The van der Waals surface area contributed by atoms with Gasteiger partial charge in [-0.3, -0.25) is 9.69 Å². The monoisotopic (exact) mass is 287 g/mol. The number of carboxylic acid groups (broad SMARTS) is 1. The normalized spacial score (nSPS) is 10.7. The maximum atomic E-state index is 10.8. The third-order valence-corrected chi connectivity index (χ3v) is 2.85. The number of hydrogen-bond acceptors (Lipinski definition) is 4. The van der Waals surface area contributed by atoms with Gasteiger partial charge in [0, 0.05) is 23.2 Å². The maximum Gasteiger partial charge on any atom is 0.317 e. The van der Waals surface area contributed by atoms with E-state index in [2.05, 4.69) is 0 Å². The van der Waals surface area contributed by atoms with Crippen LogP contribution in [-0.4, -0.2) is 41.3 Å². The van der Waals surface area contributed by atoms with Gasteiger partial charge in [0.1, 0.15) is 0 Å². The summed E-state index contributed by atoms with van der Waals surface area (Å²) in [5, 5.41) is 19.3. The largest absolute Gasteiger partial charge is 0.504 e. The first kappa shape index (κ1) is 15.6. The van der Waals surface area contributed by atoms with E-state index in [1.54, 1.807) is 11.0 Å². The summed E-state index contributed by atoms with van der Waals surface area (Å²) in [6.07, 6.45) is 0.825. The second-order valence-corrected chi connectivity index (χ2v) is 4.66. The molecule has 0 amide bonds. The molecule has 0 saturated heterocycles. The predicted molar refractivity (Wildman–Crippen MR) is 72.9 cm³/mol. The predicted octanol–water partition coefficient (Wildman–Crippen LogP) is 2.35. The molecule has 106 valence electrons. The molecule has 5 nitrogen and oxygen atoms in total. The zero-order valence-electron chi connectivity index (χ0n) is 11.0. The minimum atomic E-state index is -0.901. The molecule has 0 fully saturated rings. The highest BCUT2D eigenvalue weighted by Crippen LogP contribution is 2.34. The lowest BCUT2D eigenvalue weighted by Gasteiger charge is -2.20. The molecule has 2 N–H and O–H groups in total. The Morgan fingerprint density at radius 2 is 2.16 bits per heavy atom. The fraction of sp³-hybridized carbons (Fsp3) is 0.462. The van der Waals surface area contributed by atoms with Crippen LogP contribution in [-0.2, 0) is 11.3 Å². The highest BCUT2D eigenvalue weighted by Gasteiger charge is 2.15. The maximum absolute atomic E-state index is 10.8. The molecule has 19 heavy (non-hydrogen) atoms. The van der Waals surface area contributed by atoms with Gasteiger partial charge in [-0.2, -0.15) is 0 Å². The van der Waals surface area contributed by atoms with Crippen LogP contribution in [0.1, 0.15) is 18.9 Å². The molecule has 0 saturated carbocycles. The van der Waals surface area contributed by atoms with Crippen LogP contribution in [0.25, 0.3) is 0 Å². The number of nitrogens with zero attached hydrogens (tertiary/aromatic N) is 1. The number of carbonyl (C=O) groups is 1. The van der Waals surface area contributed by atoms with Crippen molar-refractivity contribution in [2.24, 2.45) is 0 Å². The quantitative estimate of drug-likeness (QED) is 0.805. The summed E-state index contributed by atoms with van der Waals surface area (Å²) in [6, 6.07) is 3.13. The smallest absolute Gasteiger partial charge is 0.317 e. The summed E-state index contributed by atoms with van der Waals surface area (Å²) >= 11 is 5.94. The molecule has 6 heteroatoms. The van der Waals surface area contributed by atoms with E-state index in [0.29, 0.717) is 23.7 Å². The third-order valence-electron chi connectivity index (χ3n) is 2.63. The fourth-order valence-corrected chi connectivity index (χ4v) is 2.10. The van der Waals surface area contributed by atoms with E-state index < -0.39 is 5.97 Å². The van der Waals surface area contributed by atoms with Gasteiger partial charge in [-0.25, -0.2) is 0 Å². The molecule has 0 aromatic heterocycles. The van der Waals surface area contributed by atoms with Crippen molar-refractivity contribution in [1.82, 2.24) is 4.90 Å². The zero-order chi connectivity index (χ0) is 14.4. The molecule has 0 atom stereocenters. The lowest BCUT2D eigenvalue weighted by Crippen LogP contribution is -2.30. The molecule has 0 aliphatic rings. The number of ether oxygens (including phenoxy) is 1. The van der Waals surface area contributed by atoms with Gasteiger partial charge in [0.25, 0.3) is 0 Å². The number of halogens is 1. The minimum Gasteiger partial charge on any atom is -0.504 e. The number of benzene rings is 1. The number of aliphatic carboxylic acids is 1. The van der Waals surface area contributed by atoms with Gasteiger partial charge < -0.3 is 14.9 Å². The van der Waals surface area contributed by atoms with Crippen LogP contribution in [0, 0.1) is 0 Å². The summed E-state index contributed by atoms with van der Waals surface area (Å²) in [7, 11) is 1.44. The van der Waals surface area contributed by atoms with E-state index in [1.165, 1.54) is 13.2 Å². The molecule has 1 aromatic rings. The van der Waals surface area contributed by atoms with E-state index in [9.17, 15) is 9.90 Å². The third kappa shape index (κ3) is 4.61. The molecule has 0 spiro atoms. The Morgan fingerprint density at radius 3 is 2.68 bits per heavy atom. The van der Waals surface area contributed by atoms with Crippen molar-refractivity contribution in [1.29, 1.82) is 0 Å². The van der Waals surface area contributed by atoms with E-state index in [4.69, 9.17) is 21.4 Å². The van der Waals surface area contributed by atoms with Crippen LogP contribution in [0.2, 0.25) is 5.02 Å². The first-order valence-electron chi connectivity index (χ1n) is 5.97. The van der Waals surface area contributed by atoms with Gasteiger partial charge >= 0.3 is 5.97 Å². The van der Waals surface area contributed by atoms with E-state index >= 15 is 0 Å². The average molecular weight is 288 g/mol. The second kappa shape index (κ2) is 7.21. The van der Waals surface area contributed by atoms with Crippen molar-refractivity contribution >= 4 is 17.6 Å². The van der Waals surface area contributed by atoms with E-state index in [-0.39, 0.29) is 18.0 Å². The standard InChI is InChI=1S/C13H18ClNO4/c1-3-4-15(8-12(16)17)7-9-5-10(14)6-11(19-2)13(9)18/h5-6,18H,3-4,7-8H2,1-2H3,(H,16,17). The highest BCUT2D eigenvalue weighted by atomic mass is 35.5. The van der Waals surface area contributed by atoms with Crippen LogP contribution in [0.15, 0.2) is 12.1 Å². The lowest BCUT2D eigenvalue weighted by molar-refractivity contribution is -0.138. The Bertz CT molecular complexity index is 451. The van der Waals surface area contributed by atoms with Crippen molar-refractivity contribution in [3.05, 3.63) is 22.7 Å². The summed E-state index contributed by atoms with van der Waals surface area (Å²) in [5.74, 6) is -0.616. The van der Waals surface area contributed by atoms with Crippen molar-refractivity contribution in [2.75, 3.05) is 20.2 Å². The van der Waals surface area contributed by atoms with Crippen LogP contribution in [0.5, 0.6) is 11.5 Å². The van der Waals surface area contributed by atoms with Crippen LogP contribution < -0.4 is 4.74 Å². The molecule has 1 rings (SSSR count). The first-order chi connectivity index (χ1) is 8.97. The Labute approximate surface area is 117 Å². The SMILES string of the molecule is CCCN(CC(=O)O)Cc1cc(Cl)cc(OC)c1O. The van der Waals surface area contributed by atoms with Gasteiger partial charge in [0.15, 0.2) is 11.5 Å². The minimum absolute atomic E-state index is 0.00149. The topological polar surface area (TPSA) is 70.0 Å². The number of carboxylic acids is 1. The molecule has 0 unspecified atom stereocenters. The highest BCUT2D eigenvalue weighted by molar-refractivity contribution is 6.30. The molecule has 1 aromatic carbocycles. The molecule has 0 aliphatic carbocycles. The second-order valence-electron chi connectivity index (χ2n) is 4.22. The van der Waals surface area contributed by atoms with Crippen molar-refractivity contribution in [3.63, 3.8) is 0 Å². The van der Waals surface area contributed by atoms with Crippen LogP contribution in [0.3, 0.4) is 0 Å². The number of phenolic OH excluding ortho intramolecular Hbond substituents is 1. The summed E-state index contributed by atoms with van der Waals surface area (Å²) < 4.78 is 5.02. The Morgan fingerprint density at radius 1 is 1.47 bits per heavy atom. The van der Waals surface area contributed by atoms with Gasteiger partial charge in [0.2, 0.25) is 0 Å². The Balaban J connectivity index is 2.94. The molecular weight excluding hydrogens is 270 g/mol. The number of aromatic hydroxyl groups is 1. The molecule has 0 radical (unpaired) electrons. The van der Waals surface area contributed by atoms with Gasteiger partial charge in [-0.15, -0.1) is 0 Å². The average Bonchev–Trinajstić information content (AvgIpc) is 2.32.